The average molecular weight is 396 g/mol. The van der Waals surface area contributed by atoms with Gasteiger partial charge in [0.05, 0.1) is 29.3 Å². The first-order valence-corrected chi connectivity index (χ1v) is 9.71. The molecule has 2 fully saturated rings. The monoisotopic (exact) mass is 396 g/mol. The molecule has 2 aliphatic heterocycles. The van der Waals surface area contributed by atoms with Crippen molar-refractivity contribution in [1.82, 2.24) is 24.6 Å². The number of carbonyl (C=O) groups is 2. The highest BCUT2D eigenvalue weighted by Crippen LogP contribution is 2.33. The summed E-state index contributed by atoms with van der Waals surface area (Å²) >= 11 is 0. The fourth-order valence-corrected chi connectivity index (χ4v) is 4.34. The van der Waals surface area contributed by atoms with Crippen LogP contribution in [-0.2, 0) is 11.3 Å². The van der Waals surface area contributed by atoms with E-state index in [-0.39, 0.29) is 35.0 Å². The molecule has 0 unspecified atom stereocenters. The van der Waals surface area contributed by atoms with E-state index in [1.807, 2.05) is 11.0 Å². The van der Waals surface area contributed by atoms with Crippen molar-refractivity contribution in [3.05, 3.63) is 47.8 Å². The van der Waals surface area contributed by atoms with Crippen LogP contribution in [0.15, 0.2) is 30.9 Å². The molecule has 8 nitrogen and oxygen atoms in total. The highest BCUT2D eigenvalue weighted by Gasteiger charge is 2.46. The van der Waals surface area contributed by atoms with E-state index in [0.29, 0.717) is 45.3 Å². The van der Waals surface area contributed by atoms with E-state index in [0.717, 1.165) is 6.07 Å². The van der Waals surface area contributed by atoms with Gasteiger partial charge < -0.3 is 9.80 Å². The summed E-state index contributed by atoms with van der Waals surface area (Å²) in [6.45, 7) is 1.74. The first kappa shape index (κ1) is 19.1. The van der Waals surface area contributed by atoms with Gasteiger partial charge in [0.1, 0.15) is 18.5 Å². The first-order chi connectivity index (χ1) is 14.1. The van der Waals surface area contributed by atoms with Crippen LogP contribution in [0.3, 0.4) is 0 Å². The number of aromatic nitrogens is 3. The molecule has 2 amide bonds. The van der Waals surface area contributed by atoms with Crippen molar-refractivity contribution >= 4 is 11.8 Å². The molecule has 3 heterocycles. The largest absolute Gasteiger partial charge is 0.337 e. The Morgan fingerprint density at radius 1 is 1.21 bits per heavy atom. The van der Waals surface area contributed by atoms with Crippen LogP contribution >= 0.6 is 0 Å². The van der Waals surface area contributed by atoms with Gasteiger partial charge in [-0.05, 0) is 37.5 Å². The van der Waals surface area contributed by atoms with Gasteiger partial charge >= 0.3 is 0 Å². The number of aryl methyl sites for hydroxylation is 1. The third kappa shape index (κ3) is 3.70. The molecule has 2 saturated heterocycles. The van der Waals surface area contributed by atoms with Gasteiger partial charge in [0, 0.05) is 26.1 Å². The summed E-state index contributed by atoms with van der Waals surface area (Å²) in [4.78, 5) is 33.0. The topological polar surface area (TPSA) is 95.1 Å². The van der Waals surface area contributed by atoms with E-state index in [1.165, 1.54) is 18.5 Å². The van der Waals surface area contributed by atoms with Crippen LogP contribution in [0.1, 0.15) is 41.6 Å². The molecule has 29 heavy (non-hydrogen) atoms. The number of amides is 2. The lowest BCUT2D eigenvalue weighted by atomic mass is 10.1. The van der Waals surface area contributed by atoms with Crippen LogP contribution in [0.2, 0.25) is 0 Å². The molecule has 0 aliphatic carbocycles. The Labute approximate surface area is 167 Å². The highest BCUT2D eigenvalue weighted by molar-refractivity contribution is 5.95. The molecule has 0 saturated carbocycles. The molecule has 1 aromatic carbocycles. The molecule has 2 aliphatic rings. The number of rotatable bonds is 5. The predicted octanol–water partition coefficient (Wildman–Crippen LogP) is 1.58. The third-order valence-electron chi connectivity index (χ3n) is 5.73. The van der Waals surface area contributed by atoms with Gasteiger partial charge in [0.25, 0.3) is 5.91 Å². The van der Waals surface area contributed by atoms with Crippen LogP contribution in [-0.4, -0.2) is 61.6 Å². The molecule has 0 bridgehead atoms. The SMILES string of the molecule is N#Cc1ccc(C(=O)N2CC[C@H]3[C@@H]2CCN3C(=O)CCCn2cncn2)c(F)c1. The Balaban J connectivity index is 1.38. The van der Waals surface area contributed by atoms with Gasteiger partial charge in [-0.2, -0.15) is 10.4 Å². The molecule has 0 radical (unpaired) electrons. The first-order valence-electron chi connectivity index (χ1n) is 9.71. The molecular weight excluding hydrogens is 375 g/mol. The van der Waals surface area contributed by atoms with Gasteiger partial charge in [0.15, 0.2) is 0 Å². The third-order valence-corrected chi connectivity index (χ3v) is 5.73. The summed E-state index contributed by atoms with van der Waals surface area (Å²) in [6.07, 6.45) is 5.58. The lowest BCUT2D eigenvalue weighted by Crippen LogP contribution is -2.41. The molecule has 9 heteroatoms. The molecule has 150 valence electrons. The Bertz CT molecular complexity index is 954. The summed E-state index contributed by atoms with van der Waals surface area (Å²) in [5, 5.41) is 12.9. The van der Waals surface area contributed by atoms with Crippen molar-refractivity contribution < 1.29 is 14.0 Å². The zero-order valence-corrected chi connectivity index (χ0v) is 15.9. The lowest BCUT2D eigenvalue weighted by Gasteiger charge is -2.26. The summed E-state index contributed by atoms with van der Waals surface area (Å²) in [7, 11) is 0. The summed E-state index contributed by atoms with van der Waals surface area (Å²) in [5.41, 5.74) is 0.157. The maximum absolute atomic E-state index is 14.3. The molecule has 2 atom stereocenters. The van der Waals surface area contributed by atoms with E-state index in [1.54, 1.807) is 15.9 Å². The van der Waals surface area contributed by atoms with Crippen molar-refractivity contribution in [3.63, 3.8) is 0 Å². The van der Waals surface area contributed by atoms with Crippen molar-refractivity contribution in [3.8, 4) is 6.07 Å². The summed E-state index contributed by atoms with van der Waals surface area (Å²) in [6, 6.07) is 5.66. The fraction of sp³-hybridized carbons (Fsp3) is 0.450. The molecule has 0 spiro atoms. The minimum Gasteiger partial charge on any atom is -0.337 e. The van der Waals surface area contributed by atoms with Crippen LogP contribution in [0.4, 0.5) is 4.39 Å². The van der Waals surface area contributed by atoms with Gasteiger partial charge in [0.2, 0.25) is 5.91 Å². The highest BCUT2D eigenvalue weighted by atomic mass is 19.1. The molecular formula is C20H21FN6O2. The number of hydrogen-bond donors (Lipinski definition) is 0. The zero-order valence-electron chi connectivity index (χ0n) is 15.9. The van der Waals surface area contributed by atoms with Gasteiger partial charge in [-0.3, -0.25) is 14.3 Å². The molecule has 1 aromatic heterocycles. The van der Waals surface area contributed by atoms with Crippen LogP contribution in [0.5, 0.6) is 0 Å². The standard InChI is InChI=1S/C20H21FN6O2/c21-16-10-14(11-22)3-4-15(16)20(29)27-9-6-17-18(27)5-8-26(17)19(28)2-1-7-25-13-23-12-24-25/h3-4,10,12-13,17-18H,1-2,5-9H2/t17-,18-/m0/s1. The second-order valence-corrected chi connectivity index (χ2v) is 7.37. The van der Waals surface area contributed by atoms with E-state index in [2.05, 4.69) is 10.1 Å². The van der Waals surface area contributed by atoms with E-state index < -0.39 is 5.82 Å². The van der Waals surface area contributed by atoms with Crippen molar-refractivity contribution in [2.24, 2.45) is 0 Å². The maximum atomic E-state index is 14.3. The lowest BCUT2D eigenvalue weighted by molar-refractivity contribution is -0.132. The minimum absolute atomic E-state index is 0.0146. The number of nitrogens with zero attached hydrogens (tertiary/aromatic N) is 6. The Morgan fingerprint density at radius 3 is 2.66 bits per heavy atom. The number of hydrogen-bond acceptors (Lipinski definition) is 5. The molecule has 4 rings (SSSR count). The number of fused-ring (bicyclic) bond motifs is 1. The van der Waals surface area contributed by atoms with Crippen molar-refractivity contribution in [2.45, 2.75) is 44.3 Å². The molecule has 0 N–H and O–H groups in total. The van der Waals surface area contributed by atoms with Crippen molar-refractivity contribution in [1.29, 1.82) is 5.26 Å². The number of likely N-dealkylation sites (tertiary alicyclic amines) is 2. The van der Waals surface area contributed by atoms with E-state index >= 15 is 0 Å². The van der Waals surface area contributed by atoms with Crippen LogP contribution in [0, 0.1) is 17.1 Å². The summed E-state index contributed by atoms with van der Waals surface area (Å²) < 4.78 is 16.0. The second-order valence-electron chi connectivity index (χ2n) is 7.37. The van der Waals surface area contributed by atoms with Gasteiger partial charge in [-0.15, -0.1) is 0 Å². The minimum atomic E-state index is -0.684. The number of nitriles is 1. The number of halogens is 1. The normalized spacial score (nSPS) is 20.6. The summed E-state index contributed by atoms with van der Waals surface area (Å²) in [5.74, 6) is -0.979. The van der Waals surface area contributed by atoms with Crippen LogP contribution in [0.25, 0.3) is 0 Å². The number of carbonyl (C=O) groups excluding carboxylic acids is 2. The predicted molar refractivity (Wildman–Crippen MR) is 99.9 cm³/mol. The Morgan fingerprint density at radius 2 is 1.97 bits per heavy atom. The zero-order chi connectivity index (χ0) is 20.4. The quantitative estimate of drug-likeness (QED) is 0.765. The van der Waals surface area contributed by atoms with E-state index in [4.69, 9.17) is 5.26 Å². The maximum Gasteiger partial charge on any atom is 0.257 e. The Hall–Kier alpha value is -3.28. The van der Waals surface area contributed by atoms with Crippen molar-refractivity contribution in [2.75, 3.05) is 13.1 Å². The second kappa shape index (κ2) is 7.99. The van der Waals surface area contributed by atoms with Crippen LogP contribution < -0.4 is 0 Å². The van der Waals surface area contributed by atoms with Gasteiger partial charge in [-0.25, -0.2) is 9.37 Å². The number of benzene rings is 1. The fourth-order valence-electron chi connectivity index (χ4n) is 4.34. The van der Waals surface area contributed by atoms with Gasteiger partial charge in [-0.1, -0.05) is 0 Å². The molecule has 2 aromatic rings. The smallest absolute Gasteiger partial charge is 0.257 e. The average Bonchev–Trinajstić information content (AvgIpc) is 3.45. The Kier molecular flexibility index (Phi) is 5.25. The van der Waals surface area contributed by atoms with E-state index in [9.17, 15) is 14.0 Å².